The summed E-state index contributed by atoms with van der Waals surface area (Å²) in [5.41, 5.74) is -1.04. The Morgan fingerprint density at radius 3 is 1.86 bits per heavy atom. The molecule has 82 valence electrons. The van der Waals surface area contributed by atoms with Gasteiger partial charge in [0.2, 0.25) is 0 Å². The first-order valence-electron chi connectivity index (χ1n) is 4.82. The van der Waals surface area contributed by atoms with Gasteiger partial charge in [0.1, 0.15) is 0 Å². The number of rotatable bonds is 6. The first kappa shape index (κ1) is 12.9. The molecular formula is C10H16O4-2. The molecule has 0 aliphatic rings. The molecule has 1 unspecified atom stereocenters. The van der Waals surface area contributed by atoms with Crippen LogP contribution >= 0.6 is 0 Å². The Labute approximate surface area is 83.9 Å². The second kappa shape index (κ2) is 4.98. The largest absolute Gasteiger partial charge is 0.550 e. The zero-order chi connectivity index (χ0) is 11.4. The molecule has 4 heteroatoms. The van der Waals surface area contributed by atoms with E-state index in [0.717, 1.165) is 0 Å². The monoisotopic (exact) mass is 200 g/mol. The number of carboxylic acids is 2. The van der Waals surface area contributed by atoms with E-state index in [-0.39, 0.29) is 6.42 Å². The van der Waals surface area contributed by atoms with Crippen LogP contribution in [-0.4, -0.2) is 11.9 Å². The molecule has 0 aromatic heterocycles. The maximum absolute atomic E-state index is 11.0. The number of carbonyl (C=O) groups excluding carboxylic acids is 2. The number of aliphatic carboxylic acids is 2. The predicted molar refractivity (Wildman–Crippen MR) is 46.8 cm³/mol. The van der Waals surface area contributed by atoms with Crippen molar-refractivity contribution < 1.29 is 19.8 Å². The smallest absolute Gasteiger partial charge is 0.0478 e. The van der Waals surface area contributed by atoms with Crippen LogP contribution in [0.5, 0.6) is 0 Å². The summed E-state index contributed by atoms with van der Waals surface area (Å²) < 4.78 is 0. The molecule has 0 fully saturated rings. The molecule has 1 atom stereocenters. The van der Waals surface area contributed by atoms with E-state index >= 15 is 0 Å². The molecule has 0 N–H and O–H groups in total. The molecule has 0 spiro atoms. The van der Waals surface area contributed by atoms with Gasteiger partial charge in [-0.15, -0.1) is 0 Å². The van der Waals surface area contributed by atoms with E-state index in [2.05, 4.69) is 0 Å². The van der Waals surface area contributed by atoms with Crippen molar-refractivity contribution in [3.05, 3.63) is 0 Å². The molecule has 4 nitrogen and oxygen atoms in total. The van der Waals surface area contributed by atoms with E-state index in [1.165, 1.54) is 0 Å². The highest BCUT2D eigenvalue weighted by atomic mass is 16.4. The molecule has 0 rings (SSSR count). The van der Waals surface area contributed by atoms with Gasteiger partial charge in [0.25, 0.3) is 0 Å². The minimum absolute atomic E-state index is 0.240. The standard InChI is InChI=1S/C10H18O4/c1-4-10(5-2,9(13)14)7(3)6-8(11)12/h7H,4-6H2,1-3H3,(H,11,12)(H,13,14)/p-2. The second-order valence-electron chi connectivity index (χ2n) is 3.63. The molecule has 0 heterocycles. The Hall–Kier alpha value is -1.06. The molecule has 0 aromatic carbocycles. The number of carbonyl (C=O) groups is 2. The SMILES string of the molecule is CCC(CC)(C(=O)[O-])C(C)CC(=O)[O-]. The van der Waals surface area contributed by atoms with Crippen LogP contribution in [0.3, 0.4) is 0 Å². The van der Waals surface area contributed by atoms with Crippen LogP contribution < -0.4 is 10.2 Å². The van der Waals surface area contributed by atoms with Gasteiger partial charge in [0, 0.05) is 17.4 Å². The van der Waals surface area contributed by atoms with Gasteiger partial charge in [-0.1, -0.05) is 20.8 Å². The van der Waals surface area contributed by atoms with Gasteiger partial charge in [-0.05, 0) is 25.2 Å². The van der Waals surface area contributed by atoms with Crippen LogP contribution in [0.2, 0.25) is 0 Å². The molecule has 0 amide bonds. The van der Waals surface area contributed by atoms with Crippen molar-refractivity contribution in [3.8, 4) is 0 Å². The van der Waals surface area contributed by atoms with Crippen molar-refractivity contribution in [2.45, 2.75) is 40.0 Å². The van der Waals surface area contributed by atoms with Gasteiger partial charge in [0.15, 0.2) is 0 Å². The van der Waals surface area contributed by atoms with Crippen LogP contribution in [0.1, 0.15) is 40.0 Å². The van der Waals surface area contributed by atoms with Gasteiger partial charge >= 0.3 is 0 Å². The Morgan fingerprint density at radius 1 is 1.21 bits per heavy atom. The number of hydrogen-bond acceptors (Lipinski definition) is 4. The van der Waals surface area contributed by atoms with Crippen molar-refractivity contribution >= 4 is 11.9 Å². The summed E-state index contributed by atoms with van der Waals surface area (Å²) in [4.78, 5) is 21.4. The molecule has 0 saturated carbocycles. The van der Waals surface area contributed by atoms with Crippen molar-refractivity contribution in [2.24, 2.45) is 11.3 Å². The van der Waals surface area contributed by atoms with Gasteiger partial charge in [0.05, 0.1) is 0 Å². The molecule has 0 radical (unpaired) electrons. The van der Waals surface area contributed by atoms with Crippen molar-refractivity contribution in [3.63, 3.8) is 0 Å². The zero-order valence-electron chi connectivity index (χ0n) is 8.83. The van der Waals surface area contributed by atoms with Crippen LogP contribution in [-0.2, 0) is 9.59 Å². The Kier molecular flexibility index (Phi) is 4.60. The van der Waals surface area contributed by atoms with E-state index in [1.54, 1.807) is 20.8 Å². The third kappa shape index (κ3) is 2.47. The van der Waals surface area contributed by atoms with Crippen LogP contribution in [0.25, 0.3) is 0 Å². The van der Waals surface area contributed by atoms with Crippen LogP contribution in [0, 0.1) is 11.3 Å². The van der Waals surface area contributed by atoms with Gasteiger partial charge in [-0.3, -0.25) is 0 Å². The van der Waals surface area contributed by atoms with Crippen molar-refractivity contribution in [1.82, 2.24) is 0 Å². The van der Waals surface area contributed by atoms with Gasteiger partial charge in [-0.25, -0.2) is 0 Å². The van der Waals surface area contributed by atoms with Crippen molar-refractivity contribution in [2.75, 3.05) is 0 Å². The summed E-state index contributed by atoms with van der Waals surface area (Å²) in [5.74, 6) is -2.85. The summed E-state index contributed by atoms with van der Waals surface area (Å²) in [7, 11) is 0. The third-order valence-electron chi connectivity index (χ3n) is 3.08. The molecule has 0 aliphatic carbocycles. The Morgan fingerprint density at radius 2 is 1.64 bits per heavy atom. The van der Waals surface area contributed by atoms with Crippen LogP contribution in [0.4, 0.5) is 0 Å². The molecule has 0 bridgehead atoms. The van der Waals surface area contributed by atoms with Crippen molar-refractivity contribution in [1.29, 1.82) is 0 Å². The molecular weight excluding hydrogens is 184 g/mol. The van der Waals surface area contributed by atoms with E-state index in [9.17, 15) is 19.8 Å². The molecule has 0 saturated heterocycles. The quantitative estimate of drug-likeness (QED) is 0.569. The third-order valence-corrected chi connectivity index (χ3v) is 3.08. The molecule has 0 aromatic rings. The van der Waals surface area contributed by atoms with E-state index in [1.807, 2.05) is 0 Å². The maximum Gasteiger partial charge on any atom is 0.0478 e. The summed E-state index contributed by atoms with van der Waals surface area (Å²) in [6, 6.07) is 0. The average Bonchev–Trinajstić information content (AvgIpc) is 2.05. The van der Waals surface area contributed by atoms with E-state index in [4.69, 9.17) is 0 Å². The minimum atomic E-state index is -1.22. The highest BCUT2D eigenvalue weighted by Crippen LogP contribution is 2.36. The van der Waals surface area contributed by atoms with E-state index in [0.29, 0.717) is 12.8 Å². The minimum Gasteiger partial charge on any atom is -0.550 e. The molecule has 0 aliphatic heterocycles. The zero-order valence-corrected chi connectivity index (χ0v) is 8.83. The summed E-state index contributed by atoms with van der Waals surface area (Å²) in [6.45, 7) is 5.06. The normalized spacial score (nSPS) is 13.6. The maximum atomic E-state index is 11.0. The average molecular weight is 200 g/mol. The Bertz CT molecular complexity index is 218. The van der Waals surface area contributed by atoms with Gasteiger partial charge in [-0.2, -0.15) is 0 Å². The summed E-state index contributed by atoms with van der Waals surface area (Å²) in [5, 5.41) is 21.4. The second-order valence-corrected chi connectivity index (χ2v) is 3.63. The lowest BCUT2D eigenvalue weighted by molar-refractivity contribution is -0.324. The number of hydrogen-bond donors (Lipinski definition) is 0. The number of carboxylic acid groups (broad SMARTS) is 2. The summed E-state index contributed by atoms with van der Waals surface area (Å²) in [6.07, 6.45) is 0.510. The highest BCUT2D eigenvalue weighted by Gasteiger charge is 2.34. The van der Waals surface area contributed by atoms with Crippen LogP contribution in [0.15, 0.2) is 0 Å². The lowest BCUT2D eigenvalue weighted by Gasteiger charge is -2.39. The lowest BCUT2D eigenvalue weighted by Crippen LogP contribution is -2.47. The predicted octanol–water partition coefficient (Wildman–Crippen LogP) is -0.681. The fraction of sp³-hybridized carbons (Fsp3) is 0.800. The molecule has 14 heavy (non-hydrogen) atoms. The fourth-order valence-corrected chi connectivity index (χ4v) is 1.88. The lowest BCUT2D eigenvalue weighted by atomic mass is 9.71. The topological polar surface area (TPSA) is 80.3 Å². The Balaban J connectivity index is 4.79. The van der Waals surface area contributed by atoms with Gasteiger partial charge < -0.3 is 19.8 Å². The summed E-state index contributed by atoms with van der Waals surface area (Å²) >= 11 is 0. The first-order valence-corrected chi connectivity index (χ1v) is 4.82. The van der Waals surface area contributed by atoms with E-state index < -0.39 is 23.3 Å². The first-order chi connectivity index (χ1) is 6.40. The highest BCUT2D eigenvalue weighted by molar-refractivity contribution is 5.74. The fourth-order valence-electron chi connectivity index (χ4n) is 1.88.